The fraction of sp³-hybridized carbons (Fsp3) is 0.471. The maximum atomic E-state index is 12.7. The largest absolute Gasteiger partial charge is 0.344 e. The van der Waals surface area contributed by atoms with Crippen LogP contribution in [0, 0.1) is 19.8 Å². The molecule has 0 aliphatic rings. The summed E-state index contributed by atoms with van der Waals surface area (Å²) in [7, 11) is 0. The Balaban J connectivity index is 0.00000312. The van der Waals surface area contributed by atoms with Gasteiger partial charge >= 0.3 is 0 Å². The zero-order chi connectivity index (χ0) is 18.1. The van der Waals surface area contributed by atoms with Crippen LogP contribution in [-0.2, 0) is 0 Å². The minimum absolute atomic E-state index is 0. The second-order valence-electron chi connectivity index (χ2n) is 6.57. The number of halogens is 2. The van der Waals surface area contributed by atoms with Crippen molar-refractivity contribution in [3.05, 3.63) is 40.3 Å². The number of nitrogens with two attached hydrogens (primary N) is 1. The van der Waals surface area contributed by atoms with Crippen LogP contribution in [0.2, 0.25) is 5.02 Å². The standard InChI is InChI=1S/C17H24ClN5O.ClH/c1-10(2)17(5,9-19)21-16(24)15-13(18)6-7-14(20-15)23-12(4)8-11(3)22-23;/h6-8,10H,9,19H2,1-5H3,(H,21,24);1H. The first-order valence-electron chi connectivity index (χ1n) is 7.90. The van der Waals surface area contributed by atoms with Gasteiger partial charge in [-0.25, -0.2) is 9.67 Å². The van der Waals surface area contributed by atoms with Gasteiger partial charge in [-0.05, 0) is 44.9 Å². The van der Waals surface area contributed by atoms with Gasteiger partial charge in [-0.1, -0.05) is 25.4 Å². The molecule has 0 radical (unpaired) electrons. The molecule has 0 saturated heterocycles. The van der Waals surface area contributed by atoms with E-state index in [2.05, 4.69) is 15.4 Å². The molecule has 0 bridgehead atoms. The van der Waals surface area contributed by atoms with Crippen molar-refractivity contribution in [1.82, 2.24) is 20.1 Å². The quantitative estimate of drug-likeness (QED) is 0.827. The zero-order valence-electron chi connectivity index (χ0n) is 15.1. The molecule has 2 aromatic rings. The number of hydrogen-bond acceptors (Lipinski definition) is 4. The molecule has 0 aliphatic heterocycles. The molecule has 1 amide bonds. The number of rotatable bonds is 5. The molecule has 8 heteroatoms. The second kappa shape index (κ2) is 8.17. The summed E-state index contributed by atoms with van der Waals surface area (Å²) < 4.78 is 1.69. The van der Waals surface area contributed by atoms with Gasteiger partial charge in [-0.3, -0.25) is 4.79 Å². The number of carbonyl (C=O) groups excluding carboxylic acids is 1. The number of aryl methyl sites for hydroxylation is 2. The highest BCUT2D eigenvalue weighted by Crippen LogP contribution is 2.20. The molecule has 1 unspecified atom stereocenters. The first-order chi connectivity index (χ1) is 11.2. The minimum Gasteiger partial charge on any atom is -0.344 e. The summed E-state index contributed by atoms with van der Waals surface area (Å²) in [5.41, 5.74) is 7.28. The van der Waals surface area contributed by atoms with E-state index in [1.807, 2.05) is 40.7 Å². The Morgan fingerprint density at radius 3 is 2.52 bits per heavy atom. The highest BCUT2D eigenvalue weighted by molar-refractivity contribution is 6.33. The lowest BCUT2D eigenvalue weighted by molar-refractivity contribution is 0.0878. The van der Waals surface area contributed by atoms with Crippen LogP contribution in [0.15, 0.2) is 18.2 Å². The zero-order valence-corrected chi connectivity index (χ0v) is 16.7. The van der Waals surface area contributed by atoms with Crippen LogP contribution in [0.5, 0.6) is 0 Å². The summed E-state index contributed by atoms with van der Waals surface area (Å²) in [5, 5.41) is 7.64. The molecule has 2 rings (SSSR count). The average Bonchev–Trinajstić information content (AvgIpc) is 2.85. The molecule has 0 aliphatic carbocycles. The van der Waals surface area contributed by atoms with E-state index in [9.17, 15) is 4.79 Å². The number of hydrogen-bond donors (Lipinski definition) is 2. The van der Waals surface area contributed by atoms with E-state index >= 15 is 0 Å². The fourth-order valence-corrected chi connectivity index (χ4v) is 2.51. The van der Waals surface area contributed by atoms with Crippen molar-refractivity contribution in [2.45, 2.75) is 40.2 Å². The summed E-state index contributed by atoms with van der Waals surface area (Å²) in [6.45, 7) is 10.1. The molecular weight excluding hydrogens is 361 g/mol. The Kier molecular flexibility index (Phi) is 6.99. The third-order valence-corrected chi connectivity index (χ3v) is 4.68. The summed E-state index contributed by atoms with van der Waals surface area (Å²) in [6, 6.07) is 5.34. The Bertz CT molecular complexity index is 759. The molecule has 6 nitrogen and oxygen atoms in total. The topological polar surface area (TPSA) is 85.8 Å². The summed E-state index contributed by atoms with van der Waals surface area (Å²) >= 11 is 6.19. The summed E-state index contributed by atoms with van der Waals surface area (Å²) in [6.07, 6.45) is 0. The smallest absolute Gasteiger partial charge is 0.271 e. The summed E-state index contributed by atoms with van der Waals surface area (Å²) in [4.78, 5) is 17.1. The highest BCUT2D eigenvalue weighted by atomic mass is 35.5. The van der Waals surface area contributed by atoms with Gasteiger partial charge in [0.1, 0.15) is 5.69 Å². The van der Waals surface area contributed by atoms with Crippen LogP contribution in [0.1, 0.15) is 42.6 Å². The van der Waals surface area contributed by atoms with Gasteiger partial charge in [-0.15, -0.1) is 12.4 Å². The van der Waals surface area contributed by atoms with Gasteiger partial charge in [-0.2, -0.15) is 5.10 Å². The molecule has 25 heavy (non-hydrogen) atoms. The third-order valence-electron chi connectivity index (χ3n) is 4.37. The SMILES string of the molecule is Cc1cc(C)n(-c2ccc(Cl)c(C(=O)NC(C)(CN)C(C)C)n2)n1.Cl. The van der Waals surface area contributed by atoms with Crippen molar-refractivity contribution in [2.75, 3.05) is 6.54 Å². The van der Waals surface area contributed by atoms with E-state index in [1.54, 1.807) is 16.8 Å². The summed E-state index contributed by atoms with van der Waals surface area (Å²) in [5.74, 6) is 0.378. The van der Waals surface area contributed by atoms with Crippen LogP contribution in [0.4, 0.5) is 0 Å². The predicted molar refractivity (Wildman–Crippen MR) is 103 cm³/mol. The number of amides is 1. The fourth-order valence-electron chi connectivity index (χ4n) is 2.32. The van der Waals surface area contributed by atoms with E-state index in [4.69, 9.17) is 17.3 Å². The van der Waals surface area contributed by atoms with E-state index in [0.29, 0.717) is 17.4 Å². The van der Waals surface area contributed by atoms with Crippen LogP contribution in [0.3, 0.4) is 0 Å². The lowest BCUT2D eigenvalue weighted by Crippen LogP contribution is -2.55. The number of nitrogens with one attached hydrogen (secondary N) is 1. The Labute approximate surface area is 159 Å². The number of aromatic nitrogens is 3. The van der Waals surface area contributed by atoms with Crippen LogP contribution < -0.4 is 11.1 Å². The molecule has 0 spiro atoms. The molecule has 0 saturated carbocycles. The molecule has 3 N–H and O–H groups in total. The van der Waals surface area contributed by atoms with E-state index in [0.717, 1.165) is 11.4 Å². The van der Waals surface area contributed by atoms with Gasteiger partial charge in [0.25, 0.3) is 5.91 Å². The maximum absolute atomic E-state index is 12.7. The first-order valence-corrected chi connectivity index (χ1v) is 8.28. The van der Waals surface area contributed by atoms with Crippen molar-refractivity contribution >= 4 is 29.9 Å². The molecule has 0 aromatic carbocycles. The molecule has 2 heterocycles. The monoisotopic (exact) mass is 385 g/mol. The van der Waals surface area contributed by atoms with Crippen molar-refractivity contribution in [3.63, 3.8) is 0 Å². The highest BCUT2D eigenvalue weighted by Gasteiger charge is 2.30. The molecule has 1 atom stereocenters. The number of carbonyl (C=O) groups is 1. The Hall–Kier alpha value is -1.63. The van der Waals surface area contributed by atoms with Crippen LogP contribution in [0.25, 0.3) is 5.82 Å². The third kappa shape index (κ3) is 4.51. The van der Waals surface area contributed by atoms with Gasteiger partial charge in [0.05, 0.1) is 16.3 Å². The van der Waals surface area contributed by atoms with Gasteiger partial charge < -0.3 is 11.1 Å². The Morgan fingerprint density at radius 2 is 2.04 bits per heavy atom. The maximum Gasteiger partial charge on any atom is 0.271 e. The van der Waals surface area contributed by atoms with Gasteiger partial charge in [0, 0.05) is 12.2 Å². The second-order valence-corrected chi connectivity index (χ2v) is 6.98. The minimum atomic E-state index is -0.531. The van der Waals surface area contributed by atoms with Gasteiger partial charge in [0.2, 0.25) is 0 Å². The Morgan fingerprint density at radius 1 is 1.40 bits per heavy atom. The normalized spacial score (nSPS) is 13.3. The molecule has 0 fully saturated rings. The molecular formula is C17H25Cl2N5O. The lowest BCUT2D eigenvalue weighted by atomic mass is 9.88. The van der Waals surface area contributed by atoms with Crippen LogP contribution in [-0.4, -0.2) is 32.8 Å². The molecule has 2 aromatic heterocycles. The predicted octanol–water partition coefficient (Wildman–Crippen LogP) is 3.06. The van der Waals surface area contributed by atoms with Crippen molar-refractivity contribution in [1.29, 1.82) is 0 Å². The first kappa shape index (κ1) is 21.4. The van der Waals surface area contributed by atoms with E-state index < -0.39 is 5.54 Å². The number of nitrogens with zero attached hydrogens (tertiary/aromatic N) is 3. The number of pyridine rings is 1. The van der Waals surface area contributed by atoms with Crippen molar-refractivity contribution in [3.8, 4) is 5.82 Å². The van der Waals surface area contributed by atoms with E-state index in [-0.39, 0.29) is 29.9 Å². The van der Waals surface area contributed by atoms with Crippen molar-refractivity contribution < 1.29 is 4.79 Å². The van der Waals surface area contributed by atoms with E-state index in [1.165, 1.54) is 0 Å². The van der Waals surface area contributed by atoms with Crippen LogP contribution >= 0.6 is 24.0 Å². The van der Waals surface area contributed by atoms with Crippen molar-refractivity contribution in [2.24, 2.45) is 11.7 Å². The lowest BCUT2D eigenvalue weighted by Gasteiger charge is -2.33. The molecule has 138 valence electrons. The van der Waals surface area contributed by atoms with Gasteiger partial charge in [0.15, 0.2) is 5.82 Å². The average molecular weight is 386 g/mol.